The van der Waals surface area contributed by atoms with E-state index in [1.54, 1.807) is 36.4 Å². The first-order chi connectivity index (χ1) is 12.5. The van der Waals surface area contributed by atoms with Crippen LogP contribution in [0.1, 0.15) is 31.1 Å². The number of β-amino-alcohol motifs (C(OH)–C–C–N with tert-alkyl or cyclic N) is 1. The lowest BCUT2D eigenvalue weighted by Gasteiger charge is -2.19. The molecule has 1 unspecified atom stereocenters. The van der Waals surface area contributed by atoms with E-state index >= 15 is 0 Å². The van der Waals surface area contributed by atoms with Crippen LogP contribution in [0.25, 0.3) is 0 Å². The molecule has 0 aromatic heterocycles. The first-order valence-electron chi connectivity index (χ1n) is 7.95. The Kier molecular flexibility index (Phi) is 4.99. The average Bonchev–Trinajstić information content (AvgIpc) is 2.91. The Labute approximate surface area is 149 Å². The highest BCUT2D eigenvalue weighted by molar-refractivity contribution is 6.21. The molecule has 7 nitrogen and oxygen atoms in total. The highest BCUT2D eigenvalue weighted by atomic mass is 16.5. The lowest BCUT2D eigenvalue weighted by molar-refractivity contribution is 0.0456. The number of amides is 2. The van der Waals surface area contributed by atoms with Crippen molar-refractivity contribution in [1.82, 2.24) is 4.90 Å². The lowest BCUT2D eigenvalue weighted by Crippen LogP contribution is -2.39. The second-order valence-electron chi connectivity index (χ2n) is 5.75. The number of benzene rings is 2. The number of carbonyl (C=O) groups is 3. The zero-order valence-corrected chi connectivity index (χ0v) is 14.0. The largest absolute Gasteiger partial charge is 0.491 e. The average molecular weight is 355 g/mol. The molecule has 0 radical (unpaired) electrons. The summed E-state index contributed by atoms with van der Waals surface area (Å²) in [6.07, 6.45) is -1.04. The van der Waals surface area contributed by atoms with Gasteiger partial charge in [0.1, 0.15) is 18.5 Å². The molecule has 1 atom stereocenters. The van der Waals surface area contributed by atoms with Crippen molar-refractivity contribution in [3.63, 3.8) is 0 Å². The van der Waals surface area contributed by atoms with Gasteiger partial charge in [0, 0.05) is 0 Å². The Morgan fingerprint density at radius 2 is 1.62 bits per heavy atom. The molecule has 0 saturated heterocycles. The summed E-state index contributed by atoms with van der Waals surface area (Å²) in [5.74, 6) is -0.861. The van der Waals surface area contributed by atoms with E-state index in [-0.39, 0.29) is 13.2 Å². The first kappa shape index (κ1) is 17.6. The fraction of sp³-hybridized carbons (Fsp3) is 0.211. The molecule has 0 bridgehead atoms. The Balaban J connectivity index is 1.57. The second kappa shape index (κ2) is 7.37. The Morgan fingerprint density at radius 3 is 2.15 bits per heavy atom. The third-order valence-corrected chi connectivity index (χ3v) is 3.99. The van der Waals surface area contributed by atoms with Crippen LogP contribution in [-0.4, -0.2) is 54.2 Å². The lowest BCUT2D eigenvalue weighted by atomic mass is 10.1. The smallest absolute Gasteiger partial charge is 0.337 e. The zero-order chi connectivity index (χ0) is 18.7. The summed E-state index contributed by atoms with van der Waals surface area (Å²) < 4.78 is 10.0. The number of imide groups is 1. The molecular weight excluding hydrogens is 338 g/mol. The molecule has 3 rings (SSSR count). The first-order valence-corrected chi connectivity index (χ1v) is 7.95. The highest BCUT2D eigenvalue weighted by Gasteiger charge is 2.36. The van der Waals surface area contributed by atoms with Crippen LogP contribution in [0, 0.1) is 0 Å². The molecule has 134 valence electrons. The number of nitrogens with zero attached hydrogens (tertiary/aromatic N) is 1. The van der Waals surface area contributed by atoms with Crippen LogP contribution < -0.4 is 4.74 Å². The zero-order valence-electron chi connectivity index (χ0n) is 14.0. The summed E-state index contributed by atoms with van der Waals surface area (Å²) in [5.41, 5.74) is 1.06. The van der Waals surface area contributed by atoms with Gasteiger partial charge in [0.15, 0.2) is 0 Å². The quantitative estimate of drug-likeness (QED) is 0.624. The van der Waals surface area contributed by atoms with Gasteiger partial charge in [-0.05, 0) is 36.4 Å². The van der Waals surface area contributed by atoms with Gasteiger partial charge in [-0.2, -0.15) is 0 Å². The number of hydrogen-bond acceptors (Lipinski definition) is 6. The molecule has 26 heavy (non-hydrogen) atoms. The fourth-order valence-corrected chi connectivity index (χ4v) is 2.67. The summed E-state index contributed by atoms with van der Waals surface area (Å²) in [6.45, 7) is -0.266. The summed E-state index contributed by atoms with van der Waals surface area (Å²) in [5, 5.41) is 10.1. The van der Waals surface area contributed by atoms with Crippen LogP contribution >= 0.6 is 0 Å². The molecule has 1 heterocycles. The monoisotopic (exact) mass is 355 g/mol. The van der Waals surface area contributed by atoms with E-state index in [2.05, 4.69) is 4.74 Å². The maximum absolute atomic E-state index is 12.3. The molecule has 0 aliphatic carbocycles. The SMILES string of the molecule is COC(=O)c1ccc(OCC(O)CN2C(=O)c3ccccc3C2=O)cc1. The molecule has 0 fully saturated rings. The fourth-order valence-electron chi connectivity index (χ4n) is 2.67. The molecule has 0 saturated carbocycles. The number of ether oxygens (including phenoxy) is 2. The minimum Gasteiger partial charge on any atom is -0.491 e. The van der Waals surface area contributed by atoms with E-state index < -0.39 is 23.9 Å². The molecule has 1 N–H and O–H groups in total. The minimum absolute atomic E-state index is 0.106. The number of carbonyl (C=O) groups excluding carboxylic acids is 3. The number of esters is 1. The second-order valence-corrected chi connectivity index (χ2v) is 5.75. The van der Waals surface area contributed by atoms with Crippen LogP contribution in [0.5, 0.6) is 5.75 Å². The van der Waals surface area contributed by atoms with Crippen molar-refractivity contribution in [2.75, 3.05) is 20.3 Å². The normalized spacial score (nSPS) is 14.2. The van der Waals surface area contributed by atoms with Crippen molar-refractivity contribution in [3.05, 3.63) is 65.2 Å². The third-order valence-electron chi connectivity index (χ3n) is 3.99. The minimum atomic E-state index is -1.04. The standard InChI is InChI=1S/C19H17NO6/c1-25-19(24)12-6-8-14(9-7-12)26-11-13(21)10-20-17(22)15-4-2-3-5-16(15)18(20)23/h2-9,13,21H,10-11H2,1H3. The number of fused-ring (bicyclic) bond motifs is 1. The van der Waals surface area contributed by atoms with E-state index in [1.165, 1.54) is 19.2 Å². The van der Waals surface area contributed by atoms with E-state index in [9.17, 15) is 19.5 Å². The molecule has 2 aromatic carbocycles. The van der Waals surface area contributed by atoms with Gasteiger partial charge in [-0.3, -0.25) is 14.5 Å². The van der Waals surface area contributed by atoms with E-state index in [0.29, 0.717) is 22.4 Å². The van der Waals surface area contributed by atoms with Gasteiger partial charge in [-0.15, -0.1) is 0 Å². The van der Waals surface area contributed by atoms with E-state index in [0.717, 1.165) is 4.90 Å². The molecule has 1 aliphatic rings. The molecule has 0 spiro atoms. The van der Waals surface area contributed by atoms with Crippen LogP contribution in [0.4, 0.5) is 0 Å². The predicted octanol–water partition coefficient (Wildman–Crippen LogP) is 1.51. The van der Waals surface area contributed by atoms with Crippen molar-refractivity contribution in [2.24, 2.45) is 0 Å². The Morgan fingerprint density at radius 1 is 1.04 bits per heavy atom. The van der Waals surface area contributed by atoms with Gasteiger partial charge in [-0.1, -0.05) is 12.1 Å². The van der Waals surface area contributed by atoms with Gasteiger partial charge in [-0.25, -0.2) is 4.79 Å². The van der Waals surface area contributed by atoms with Gasteiger partial charge in [0.25, 0.3) is 11.8 Å². The predicted molar refractivity (Wildman–Crippen MR) is 91.1 cm³/mol. The Hall–Kier alpha value is -3.19. The molecule has 2 amide bonds. The van der Waals surface area contributed by atoms with Crippen molar-refractivity contribution < 1.29 is 29.0 Å². The summed E-state index contributed by atoms with van der Waals surface area (Å²) >= 11 is 0. The molecule has 2 aromatic rings. The van der Waals surface area contributed by atoms with Crippen molar-refractivity contribution in [2.45, 2.75) is 6.10 Å². The number of rotatable bonds is 6. The number of aliphatic hydroxyl groups is 1. The molecular formula is C19H17NO6. The highest BCUT2D eigenvalue weighted by Crippen LogP contribution is 2.22. The summed E-state index contributed by atoms with van der Waals surface area (Å²) in [7, 11) is 1.29. The molecule has 1 aliphatic heterocycles. The van der Waals surface area contributed by atoms with E-state index in [4.69, 9.17) is 4.74 Å². The van der Waals surface area contributed by atoms with Gasteiger partial charge >= 0.3 is 5.97 Å². The maximum Gasteiger partial charge on any atom is 0.337 e. The number of hydrogen-bond donors (Lipinski definition) is 1. The maximum atomic E-state index is 12.3. The topological polar surface area (TPSA) is 93.1 Å². The van der Waals surface area contributed by atoms with Crippen LogP contribution in [0.2, 0.25) is 0 Å². The van der Waals surface area contributed by atoms with Crippen molar-refractivity contribution >= 4 is 17.8 Å². The number of aliphatic hydroxyl groups excluding tert-OH is 1. The summed E-state index contributed by atoms with van der Waals surface area (Å²) in [6, 6.07) is 12.8. The van der Waals surface area contributed by atoms with Gasteiger partial charge in [0.2, 0.25) is 0 Å². The Bertz CT molecular complexity index is 810. The van der Waals surface area contributed by atoms with Crippen molar-refractivity contribution in [3.8, 4) is 5.75 Å². The van der Waals surface area contributed by atoms with Crippen LogP contribution in [0.15, 0.2) is 48.5 Å². The molecule has 7 heteroatoms. The van der Waals surface area contributed by atoms with Crippen LogP contribution in [-0.2, 0) is 4.74 Å². The van der Waals surface area contributed by atoms with Gasteiger partial charge in [0.05, 0.1) is 30.3 Å². The van der Waals surface area contributed by atoms with Crippen molar-refractivity contribution in [1.29, 1.82) is 0 Å². The number of methoxy groups -OCH3 is 1. The van der Waals surface area contributed by atoms with Crippen LogP contribution in [0.3, 0.4) is 0 Å². The van der Waals surface area contributed by atoms with Gasteiger partial charge < -0.3 is 14.6 Å². The summed E-state index contributed by atoms with van der Waals surface area (Å²) in [4.78, 5) is 36.9. The third kappa shape index (κ3) is 3.43. The van der Waals surface area contributed by atoms with E-state index in [1.807, 2.05) is 0 Å².